The zero-order chi connectivity index (χ0) is 14.5. The summed E-state index contributed by atoms with van der Waals surface area (Å²) in [5.74, 6) is 0.0685. The molecule has 3 rings (SSSR count). The molecule has 1 fully saturated rings. The molecule has 21 heavy (non-hydrogen) atoms. The fourth-order valence-electron chi connectivity index (χ4n) is 2.59. The van der Waals surface area contributed by atoms with Gasteiger partial charge in [0.15, 0.2) is 0 Å². The van der Waals surface area contributed by atoms with Crippen LogP contribution in [0.2, 0.25) is 0 Å². The molecule has 1 aliphatic rings. The molecule has 0 radical (unpaired) electrons. The molecule has 110 valence electrons. The fourth-order valence-corrected chi connectivity index (χ4v) is 3.11. The minimum atomic E-state index is 0.0685. The number of thiazole rings is 1. The van der Waals surface area contributed by atoms with Crippen molar-refractivity contribution in [3.05, 3.63) is 52.5 Å². The highest BCUT2D eigenvalue weighted by Gasteiger charge is 2.22. The number of piperazine rings is 1. The summed E-state index contributed by atoms with van der Waals surface area (Å²) in [7, 11) is 0. The van der Waals surface area contributed by atoms with Crippen molar-refractivity contribution in [1.82, 2.24) is 14.8 Å². The Bertz CT molecular complexity index is 562. The summed E-state index contributed by atoms with van der Waals surface area (Å²) in [6, 6.07) is 10.6. The van der Waals surface area contributed by atoms with Gasteiger partial charge < -0.3 is 4.90 Å². The Morgan fingerprint density at radius 1 is 1.14 bits per heavy atom. The van der Waals surface area contributed by atoms with Crippen molar-refractivity contribution in [2.75, 3.05) is 32.7 Å². The van der Waals surface area contributed by atoms with Crippen molar-refractivity contribution < 1.29 is 4.79 Å². The van der Waals surface area contributed by atoms with Crippen LogP contribution in [-0.2, 0) is 6.42 Å². The van der Waals surface area contributed by atoms with Crippen LogP contribution in [-0.4, -0.2) is 53.4 Å². The van der Waals surface area contributed by atoms with Gasteiger partial charge in [0.05, 0.1) is 5.51 Å². The predicted octanol–water partition coefficient (Wildman–Crippen LogP) is 2.14. The number of hydrogen-bond acceptors (Lipinski definition) is 4. The van der Waals surface area contributed by atoms with Gasteiger partial charge in [-0.15, -0.1) is 11.3 Å². The average molecular weight is 301 g/mol. The number of aromatic nitrogens is 1. The Hall–Kier alpha value is -1.72. The maximum Gasteiger partial charge on any atom is 0.273 e. The standard InChI is InChI=1S/C16H19N3OS/c20-16(15-12-21-13-17-15)19-10-8-18(9-11-19)7-6-14-4-2-1-3-5-14/h1-5,12-13H,6-11H2. The molecule has 1 amide bonds. The first kappa shape index (κ1) is 14.2. The molecule has 2 aromatic rings. The monoisotopic (exact) mass is 301 g/mol. The van der Waals surface area contributed by atoms with E-state index in [1.54, 1.807) is 5.51 Å². The lowest BCUT2D eigenvalue weighted by atomic mass is 10.1. The molecule has 1 aromatic heterocycles. The van der Waals surface area contributed by atoms with Gasteiger partial charge in [-0.05, 0) is 12.0 Å². The number of carbonyl (C=O) groups is 1. The largest absolute Gasteiger partial charge is 0.335 e. The fraction of sp³-hybridized carbons (Fsp3) is 0.375. The molecule has 1 aliphatic heterocycles. The Morgan fingerprint density at radius 3 is 2.57 bits per heavy atom. The molecule has 1 aromatic carbocycles. The highest BCUT2D eigenvalue weighted by molar-refractivity contribution is 7.07. The van der Waals surface area contributed by atoms with Crippen LogP contribution in [0.1, 0.15) is 16.1 Å². The van der Waals surface area contributed by atoms with E-state index in [4.69, 9.17) is 0 Å². The Morgan fingerprint density at radius 2 is 1.90 bits per heavy atom. The first-order valence-electron chi connectivity index (χ1n) is 7.26. The number of hydrogen-bond donors (Lipinski definition) is 0. The minimum Gasteiger partial charge on any atom is -0.335 e. The van der Waals surface area contributed by atoms with E-state index in [0.29, 0.717) is 5.69 Å². The number of amides is 1. The molecule has 0 aliphatic carbocycles. The lowest BCUT2D eigenvalue weighted by Gasteiger charge is -2.34. The van der Waals surface area contributed by atoms with E-state index < -0.39 is 0 Å². The van der Waals surface area contributed by atoms with Crippen molar-refractivity contribution in [1.29, 1.82) is 0 Å². The van der Waals surface area contributed by atoms with Gasteiger partial charge in [0.2, 0.25) is 0 Å². The molecule has 0 N–H and O–H groups in total. The van der Waals surface area contributed by atoms with Gasteiger partial charge in [-0.2, -0.15) is 0 Å². The normalized spacial score (nSPS) is 16.1. The minimum absolute atomic E-state index is 0.0685. The van der Waals surface area contributed by atoms with E-state index in [9.17, 15) is 4.79 Å². The Kier molecular flexibility index (Phi) is 4.62. The van der Waals surface area contributed by atoms with Gasteiger partial charge in [0.1, 0.15) is 5.69 Å². The third-order valence-corrected chi connectivity index (χ3v) is 4.46. The number of rotatable bonds is 4. The molecule has 0 unspecified atom stereocenters. The van der Waals surface area contributed by atoms with E-state index in [1.165, 1.54) is 16.9 Å². The van der Waals surface area contributed by atoms with Crippen LogP contribution in [0.15, 0.2) is 41.2 Å². The smallest absolute Gasteiger partial charge is 0.273 e. The van der Waals surface area contributed by atoms with E-state index >= 15 is 0 Å². The molecular weight excluding hydrogens is 282 g/mol. The molecule has 5 heteroatoms. The summed E-state index contributed by atoms with van der Waals surface area (Å²) < 4.78 is 0. The van der Waals surface area contributed by atoms with E-state index in [2.05, 4.69) is 34.1 Å². The lowest BCUT2D eigenvalue weighted by molar-refractivity contribution is 0.0633. The summed E-state index contributed by atoms with van der Waals surface area (Å²) in [5.41, 5.74) is 3.67. The highest BCUT2D eigenvalue weighted by Crippen LogP contribution is 2.10. The third-order valence-electron chi connectivity index (χ3n) is 3.87. The van der Waals surface area contributed by atoms with Crippen LogP contribution in [0.4, 0.5) is 0 Å². The van der Waals surface area contributed by atoms with E-state index in [-0.39, 0.29) is 5.91 Å². The Balaban J connectivity index is 1.46. The summed E-state index contributed by atoms with van der Waals surface area (Å²) in [5, 5.41) is 1.82. The molecule has 2 heterocycles. The molecule has 0 atom stereocenters. The number of nitrogens with zero attached hydrogens (tertiary/aromatic N) is 3. The molecule has 0 spiro atoms. The van der Waals surface area contributed by atoms with Gasteiger partial charge in [-0.3, -0.25) is 9.69 Å². The predicted molar refractivity (Wildman–Crippen MR) is 84.6 cm³/mol. The van der Waals surface area contributed by atoms with Gasteiger partial charge in [-0.25, -0.2) is 4.98 Å². The SMILES string of the molecule is O=C(c1cscn1)N1CCN(CCc2ccccc2)CC1. The maximum atomic E-state index is 12.2. The van der Waals surface area contributed by atoms with Crippen LogP contribution >= 0.6 is 11.3 Å². The summed E-state index contributed by atoms with van der Waals surface area (Å²) in [6.07, 6.45) is 1.07. The molecule has 1 saturated heterocycles. The number of benzene rings is 1. The van der Waals surface area contributed by atoms with Crippen molar-refractivity contribution in [3.63, 3.8) is 0 Å². The zero-order valence-corrected chi connectivity index (χ0v) is 12.8. The first-order valence-corrected chi connectivity index (χ1v) is 8.21. The van der Waals surface area contributed by atoms with Crippen molar-refractivity contribution in [2.24, 2.45) is 0 Å². The molecule has 0 saturated carbocycles. The topological polar surface area (TPSA) is 36.4 Å². The van der Waals surface area contributed by atoms with Crippen LogP contribution in [0.5, 0.6) is 0 Å². The molecule has 0 bridgehead atoms. The second-order valence-electron chi connectivity index (χ2n) is 5.24. The van der Waals surface area contributed by atoms with Gasteiger partial charge >= 0.3 is 0 Å². The van der Waals surface area contributed by atoms with Crippen LogP contribution in [0.25, 0.3) is 0 Å². The van der Waals surface area contributed by atoms with E-state index in [0.717, 1.165) is 39.1 Å². The molecule has 4 nitrogen and oxygen atoms in total. The quantitative estimate of drug-likeness (QED) is 0.868. The van der Waals surface area contributed by atoms with Gasteiger partial charge in [0, 0.05) is 38.1 Å². The molecular formula is C16H19N3OS. The average Bonchev–Trinajstić information content (AvgIpc) is 3.08. The highest BCUT2D eigenvalue weighted by atomic mass is 32.1. The van der Waals surface area contributed by atoms with Crippen LogP contribution < -0.4 is 0 Å². The second kappa shape index (κ2) is 6.83. The Labute approximate surface area is 129 Å². The summed E-state index contributed by atoms with van der Waals surface area (Å²) in [6.45, 7) is 4.55. The zero-order valence-electron chi connectivity index (χ0n) is 11.9. The third kappa shape index (κ3) is 3.68. The van der Waals surface area contributed by atoms with E-state index in [1.807, 2.05) is 16.3 Å². The summed E-state index contributed by atoms with van der Waals surface area (Å²) in [4.78, 5) is 20.6. The maximum absolute atomic E-state index is 12.2. The number of carbonyl (C=O) groups excluding carboxylic acids is 1. The van der Waals surface area contributed by atoms with Crippen LogP contribution in [0.3, 0.4) is 0 Å². The van der Waals surface area contributed by atoms with Gasteiger partial charge in [-0.1, -0.05) is 30.3 Å². The van der Waals surface area contributed by atoms with Crippen LogP contribution in [0, 0.1) is 0 Å². The summed E-state index contributed by atoms with van der Waals surface area (Å²) >= 11 is 1.47. The van der Waals surface area contributed by atoms with Crippen molar-refractivity contribution in [3.8, 4) is 0 Å². The lowest BCUT2D eigenvalue weighted by Crippen LogP contribution is -2.49. The first-order chi connectivity index (χ1) is 10.3. The van der Waals surface area contributed by atoms with Crippen molar-refractivity contribution >= 4 is 17.2 Å². The second-order valence-corrected chi connectivity index (χ2v) is 5.96. The van der Waals surface area contributed by atoms with Gasteiger partial charge in [0.25, 0.3) is 5.91 Å². The van der Waals surface area contributed by atoms with Crippen molar-refractivity contribution in [2.45, 2.75) is 6.42 Å².